The predicted octanol–water partition coefficient (Wildman–Crippen LogP) is 18.2. The van der Waals surface area contributed by atoms with Gasteiger partial charge in [0, 0.05) is 27.7 Å². The van der Waals surface area contributed by atoms with Gasteiger partial charge < -0.3 is 9.32 Å². The van der Waals surface area contributed by atoms with Crippen LogP contribution in [-0.4, -0.2) is 0 Å². The topological polar surface area (TPSA) is 16.4 Å². The van der Waals surface area contributed by atoms with Crippen LogP contribution in [-0.2, 0) is 5.41 Å². The smallest absolute Gasteiger partial charge is 0.135 e. The standard InChI is InChI=1S/C67H41NO/c1-2-16-50-48(14-1)49-15-3-4-17-51(49)58-41-47(37-38-52(50)58)68(46-35-32-43(33-36-46)42-28-30-44(31-29-42)45-34-39-65-59(40-45)56-21-8-12-27-64(56)69-65)63-26-13-22-57-55-20-7-11-25-62(55)67(66(57)63)60-23-9-5-18-53(60)54-19-6-10-24-61(54)67/h1-41H. The molecular formula is C67H41NO. The number of hydrogen-bond donors (Lipinski definition) is 0. The van der Waals surface area contributed by atoms with E-state index in [4.69, 9.17) is 4.42 Å². The van der Waals surface area contributed by atoms with Gasteiger partial charge in [0.05, 0.1) is 11.1 Å². The lowest BCUT2D eigenvalue weighted by Gasteiger charge is -2.36. The first-order valence-corrected chi connectivity index (χ1v) is 23.9. The molecule has 0 bridgehead atoms. The van der Waals surface area contributed by atoms with Gasteiger partial charge in [0.15, 0.2) is 0 Å². The third kappa shape index (κ3) is 5.37. The molecule has 1 aromatic heterocycles. The summed E-state index contributed by atoms with van der Waals surface area (Å²) in [5.74, 6) is 0. The Bertz CT molecular complexity index is 4150. The van der Waals surface area contributed by atoms with Gasteiger partial charge in [0.2, 0.25) is 0 Å². The lowest BCUT2D eigenvalue weighted by molar-refractivity contribution is 0.669. The molecular weight excluding hydrogens is 835 g/mol. The molecule has 2 aliphatic rings. The SMILES string of the molecule is c1ccc2c(c1)-c1ccccc1C21c2ccccc2-c2cccc(N(c3ccc(-c4ccc(-c5ccc6oc7ccccc7c6c5)cc4)cc3)c3ccc4c5ccccc5c5ccccc5c4c3)c21. The molecule has 0 saturated heterocycles. The Morgan fingerprint density at radius 3 is 1.33 bits per heavy atom. The highest BCUT2D eigenvalue weighted by Crippen LogP contribution is 2.65. The van der Waals surface area contributed by atoms with Crippen molar-refractivity contribution in [1.82, 2.24) is 0 Å². The van der Waals surface area contributed by atoms with E-state index in [9.17, 15) is 0 Å². The van der Waals surface area contributed by atoms with Crippen molar-refractivity contribution in [3.05, 3.63) is 271 Å². The summed E-state index contributed by atoms with van der Waals surface area (Å²) < 4.78 is 6.14. The van der Waals surface area contributed by atoms with E-state index in [0.29, 0.717) is 0 Å². The number of benzene rings is 12. The molecule has 2 aliphatic carbocycles. The summed E-state index contributed by atoms with van der Waals surface area (Å²) in [7, 11) is 0. The molecule has 0 atom stereocenters. The van der Waals surface area contributed by atoms with E-state index in [1.54, 1.807) is 0 Å². The highest BCUT2D eigenvalue weighted by molar-refractivity contribution is 6.26. The number of rotatable bonds is 5. The van der Waals surface area contributed by atoms with E-state index < -0.39 is 5.41 Å². The van der Waals surface area contributed by atoms with Gasteiger partial charge in [-0.3, -0.25) is 0 Å². The molecule has 1 spiro atoms. The van der Waals surface area contributed by atoms with E-state index in [-0.39, 0.29) is 0 Å². The predicted molar refractivity (Wildman–Crippen MR) is 288 cm³/mol. The first-order valence-electron chi connectivity index (χ1n) is 23.9. The highest BCUT2D eigenvalue weighted by atomic mass is 16.3. The van der Waals surface area contributed by atoms with Crippen molar-refractivity contribution in [3.63, 3.8) is 0 Å². The summed E-state index contributed by atoms with van der Waals surface area (Å²) in [5.41, 5.74) is 19.8. The molecule has 0 saturated carbocycles. The van der Waals surface area contributed by atoms with Gasteiger partial charge in [0.1, 0.15) is 11.2 Å². The van der Waals surface area contributed by atoms with E-state index >= 15 is 0 Å². The molecule has 0 amide bonds. The number of fused-ring (bicyclic) bond motifs is 19. The normalized spacial score (nSPS) is 13.0. The quantitative estimate of drug-likeness (QED) is 0.160. The summed E-state index contributed by atoms with van der Waals surface area (Å²) in [6.45, 7) is 0. The van der Waals surface area contributed by atoms with Crippen molar-refractivity contribution in [2.45, 2.75) is 5.41 Å². The zero-order chi connectivity index (χ0) is 45.2. The maximum Gasteiger partial charge on any atom is 0.135 e. The van der Waals surface area contributed by atoms with Crippen molar-refractivity contribution in [1.29, 1.82) is 0 Å². The molecule has 0 aliphatic heterocycles. The number of nitrogens with zero attached hydrogens (tertiary/aromatic N) is 1. The second kappa shape index (κ2) is 14.5. The highest BCUT2D eigenvalue weighted by Gasteiger charge is 2.53. The van der Waals surface area contributed by atoms with Gasteiger partial charge in [-0.25, -0.2) is 0 Å². The van der Waals surface area contributed by atoms with Crippen molar-refractivity contribution in [3.8, 4) is 44.5 Å². The van der Waals surface area contributed by atoms with Gasteiger partial charge in [-0.15, -0.1) is 0 Å². The minimum absolute atomic E-state index is 0.523. The maximum absolute atomic E-state index is 6.14. The Labute approximate surface area is 399 Å². The zero-order valence-electron chi connectivity index (χ0n) is 37.5. The fourth-order valence-corrected chi connectivity index (χ4v) is 12.3. The van der Waals surface area contributed by atoms with Crippen LogP contribution in [0.4, 0.5) is 17.1 Å². The lowest BCUT2D eigenvalue weighted by atomic mass is 9.70. The second-order valence-corrected chi connectivity index (χ2v) is 18.7. The third-order valence-corrected chi connectivity index (χ3v) is 15.3. The van der Waals surface area contributed by atoms with E-state index in [1.165, 1.54) is 105 Å². The van der Waals surface area contributed by atoms with E-state index in [0.717, 1.165) is 33.3 Å². The number of hydrogen-bond acceptors (Lipinski definition) is 2. The molecule has 1 heterocycles. The molecule has 0 radical (unpaired) electrons. The van der Waals surface area contributed by atoms with Gasteiger partial charge in [-0.05, 0) is 142 Å². The molecule has 15 rings (SSSR count). The van der Waals surface area contributed by atoms with Crippen LogP contribution < -0.4 is 4.90 Å². The Kier molecular flexibility index (Phi) is 8.02. The summed E-state index contributed by atoms with van der Waals surface area (Å²) in [6.07, 6.45) is 0. The third-order valence-electron chi connectivity index (χ3n) is 15.3. The van der Waals surface area contributed by atoms with E-state index in [2.05, 4.69) is 241 Å². The molecule has 13 aromatic rings. The van der Waals surface area contributed by atoms with Crippen molar-refractivity contribution < 1.29 is 4.42 Å². The largest absolute Gasteiger partial charge is 0.456 e. The second-order valence-electron chi connectivity index (χ2n) is 18.7. The van der Waals surface area contributed by atoms with Gasteiger partial charge in [-0.2, -0.15) is 0 Å². The minimum atomic E-state index is -0.523. The molecule has 12 aromatic carbocycles. The Morgan fingerprint density at radius 1 is 0.275 bits per heavy atom. The summed E-state index contributed by atoms with van der Waals surface area (Å²) in [5, 5.41) is 9.85. The molecule has 69 heavy (non-hydrogen) atoms. The van der Waals surface area contributed by atoms with Crippen molar-refractivity contribution >= 4 is 71.3 Å². The number of anilines is 3. The number of furan rings is 1. The van der Waals surface area contributed by atoms with Crippen LogP contribution in [0.15, 0.2) is 253 Å². The van der Waals surface area contributed by atoms with Crippen LogP contribution in [0.2, 0.25) is 0 Å². The average molecular weight is 876 g/mol. The first-order chi connectivity index (χ1) is 34.2. The van der Waals surface area contributed by atoms with Crippen LogP contribution in [0.3, 0.4) is 0 Å². The molecule has 320 valence electrons. The maximum atomic E-state index is 6.14. The minimum Gasteiger partial charge on any atom is -0.456 e. The van der Waals surface area contributed by atoms with Crippen LogP contribution in [0, 0.1) is 0 Å². The van der Waals surface area contributed by atoms with Crippen LogP contribution in [0.5, 0.6) is 0 Å². The molecule has 2 heteroatoms. The van der Waals surface area contributed by atoms with Crippen LogP contribution in [0.25, 0.3) is 98.8 Å². The fourth-order valence-electron chi connectivity index (χ4n) is 12.3. The molecule has 0 fully saturated rings. The van der Waals surface area contributed by atoms with Crippen molar-refractivity contribution in [2.24, 2.45) is 0 Å². The summed E-state index contributed by atoms with van der Waals surface area (Å²) >= 11 is 0. The van der Waals surface area contributed by atoms with Gasteiger partial charge in [-0.1, -0.05) is 200 Å². The monoisotopic (exact) mass is 875 g/mol. The Hall–Kier alpha value is -8.98. The first kappa shape index (κ1) is 38.2. The summed E-state index contributed by atoms with van der Waals surface area (Å²) in [4.78, 5) is 2.53. The van der Waals surface area contributed by atoms with Crippen LogP contribution in [0.1, 0.15) is 22.3 Å². The number of para-hydroxylation sites is 1. The molecule has 2 nitrogen and oxygen atoms in total. The zero-order valence-corrected chi connectivity index (χ0v) is 37.5. The molecule has 0 N–H and O–H groups in total. The van der Waals surface area contributed by atoms with Crippen molar-refractivity contribution in [2.75, 3.05) is 4.90 Å². The fraction of sp³-hybridized carbons (Fsp3) is 0.0149. The van der Waals surface area contributed by atoms with Gasteiger partial charge >= 0.3 is 0 Å². The Morgan fingerprint density at radius 2 is 0.710 bits per heavy atom. The Balaban J connectivity index is 0.927. The van der Waals surface area contributed by atoms with Crippen LogP contribution >= 0.6 is 0 Å². The van der Waals surface area contributed by atoms with Gasteiger partial charge in [0.25, 0.3) is 0 Å². The lowest BCUT2D eigenvalue weighted by Crippen LogP contribution is -2.28. The average Bonchev–Trinajstić information content (AvgIpc) is 4.05. The van der Waals surface area contributed by atoms with E-state index in [1.807, 2.05) is 12.1 Å². The summed E-state index contributed by atoms with van der Waals surface area (Å²) in [6, 6.07) is 92.1. The molecule has 0 unspecified atom stereocenters.